The highest BCUT2D eigenvalue weighted by Gasteiger charge is 2.33. The summed E-state index contributed by atoms with van der Waals surface area (Å²) in [6.45, 7) is 5.20. The Kier molecular flexibility index (Phi) is 13.3. The largest absolute Gasteiger partial charge is 0.497 e. The minimum Gasteiger partial charge on any atom is -0.497 e. The topological polar surface area (TPSA) is 143 Å². The van der Waals surface area contributed by atoms with E-state index in [1.807, 2.05) is 44.2 Å². The number of carbonyl (C=O) groups excluding carboxylic acids is 3. The maximum absolute atomic E-state index is 13.7. The van der Waals surface area contributed by atoms with Crippen LogP contribution < -0.4 is 15.0 Å². The highest BCUT2D eigenvalue weighted by molar-refractivity contribution is 7.89. The summed E-state index contributed by atoms with van der Waals surface area (Å²) in [5.41, 5.74) is 2.02. The number of hydrogen-bond acceptors (Lipinski definition) is 9. The predicted molar refractivity (Wildman–Crippen MR) is 175 cm³/mol. The maximum atomic E-state index is 13.7. The van der Waals surface area contributed by atoms with Crippen LogP contribution in [0.5, 0.6) is 5.75 Å². The van der Waals surface area contributed by atoms with Crippen LogP contribution in [0.4, 0.5) is 5.69 Å². The summed E-state index contributed by atoms with van der Waals surface area (Å²) >= 11 is 0. The second-order valence-corrected chi connectivity index (χ2v) is 13.4. The predicted octanol–water partition coefficient (Wildman–Crippen LogP) is 3.31. The molecule has 11 nitrogen and oxygen atoms in total. The van der Waals surface area contributed by atoms with Crippen LogP contribution in [0, 0.1) is 5.92 Å². The van der Waals surface area contributed by atoms with E-state index in [1.165, 1.54) is 30.5 Å². The number of methoxy groups -OCH3 is 1. The SMILES string of the molecule is COc1ccc(S(=O)(=O)N(CC(C)C)CC(O)C(Cc2ccccc2)NC(=O)C(CN(C)c2ccc(C(C)=O)cc2)OC=O)cc1. The third-order valence-electron chi connectivity index (χ3n) is 7.41. The van der Waals surface area contributed by atoms with Crippen molar-refractivity contribution in [3.8, 4) is 5.75 Å². The maximum Gasteiger partial charge on any atom is 0.293 e. The lowest BCUT2D eigenvalue weighted by molar-refractivity contribution is -0.145. The number of aliphatic hydroxyl groups excluding tert-OH is 1. The number of nitrogens with one attached hydrogen (secondary N) is 1. The first-order valence-corrected chi connectivity index (χ1v) is 16.4. The van der Waals surface area contributed by atoms with Gasteiger partial charge in [-0.2, -0.15) is 4.31 Å². The monoisotopic (exact) mass is 653 g/mol. The number of Topliss-reactive ketones (excluding diaryl/α,β-unsaturated/α-hetero) is 1. The van der Waals surface area contributed by atoms with E-state index in [-0.39, 0.29) is 49.1 Å². The molecule has 0 radical (unpaired) electrons. The van der Waals surface area contributed by atoms with Crippen molar-refractivity contribution in [1.29, 1.82) is 0 Å². The van der Waals surface area contributed by atoms with Crippen LogP contribution in [0.15, 0.2) is 83.8 Å². The number of aliphatic hydroxyl groups is 1. The number of carbonyl (C=O) groups is 3. The highest BCUT2D eigenvalue weighted by atomic mass is 32.2. The Labute approximate surface area is 271 Å². The van der Waals surface area contributed by atoms with Crippen LogP contribution >= 0.6 is 0 Å². The quantitative estimate of drug-likeness (QED) is 0.156. The lowest BCUT2D eigenvalue weighted by Gasteiger charge is -2.32. The molecule has 3 rings (SSSR count). The van der Waals surface area contributed by atoms with Crippen molar-refractivity contribution >= 4 is 33.9 Å². The first-order valence-electron chi connectivity index (χ1n) is 14.9. The second kappa shape index (κ2) is 16.9. The van der Waals surface area contributed by atoms with Crippen LogP contribution in [0.3, 0.4) is 0 Å². The molecule has 3 aromatic rings. The number of ether oxygens (including phenoxy) is 2. The summed E-state index contributed by atoms with van der Waals surface area (Å²) in [6, 6.07) is 21.0. The number of sulfonamides is 1. The summed E-state index contributed by atoms with van der Waals surface area (Å²) in [4.78, 5) is 38.4. The van der Waals surface area contributed by atoms with Crippen LogP contribution in [-0.4, -0.2) is 88.0 Å². The Morgan fingerprint density at radius 3 is 2.11 bits per heavy atom. The highest BCUT2D eigenvalue weighted by Crippen LogP contribution is 2.22. The average molecular weight is 654 g/mol. The molecule has 3 unspecified atom stereocenters. The Morgan fingerprint density at radius 2 is 1.57 bits per heavy atom. The number of hydrogen-bond donors (Lipinski definition) is 2. The van der Waals surface area contributed by atoms with E-state index in [9.17, 15) is 27.9 Å². The molecule has 0 saturated heterocycles. The standard InChI is InChI=1S/C34H43N3O8S/c1-24(2)20-37(46(42,43)30-17-15-29(44-5)16-18-30)21-32(40)31(19-26-9-7-6-8-10-26)35-34(41)33(45-23-38)22-36(4)28-13-11-27(12-14-28)25(3)39/h6-18,23-24,31-33,40H,19-22H2,1-5H3,(H,35,41). The molecule has 2 N–H and O–H groups in total. The van der Waals surface area contributed by atoms with Crippen molar-refractivity contribution in [3.05, 3.63) is 90.0 Å². The van der Waals surface area contributed by atoms with Crippen molar-refractivity contribution in [2.24, 2.45) is 5.92 Å². The van der Waals surface area contributed by atoms with Crippen molar-refractivity contribution in [2.75, 3.05) is 38.7 Å². The second-order valence-electron chi connectivity index (χ2n) is 11.5. The van der Waals surface area contributed by atoms with Gasteiger partial charge in [-0.05, 0) is 73.4 Å². The molecular weight excluding hydrogens is 610 g/mol. The fourth-order valence-corrected chi connectivity index (χ4v) is 6.52. The zero-order valence-electron chi connectivity index (χ0n) is 26.8. The Hall–Kier alpha value is -4.26. The van der Waals surface area contributed by atoms with Gasteiger partial charge in [0.1, 0.15) is 5.75 Å². The number of likely N-dealkylation sites (N-methyl/N-ethyl adjacent to an activating group) is 1. The van der Waals surface area contributed by atoms with Gasteiger partial charge in [-0.1, -0.05) is 44.2 Å². The Bertz CT molecular complexity index is 1530. The van der Waals surface area contributed by atoms with Gasteiger partial charge in [0.15, 0.2) is 11.9 Å². The number of amides is 1. The fraction of sp³-hybridized carbons (Fsp3) is 0.382. The van der Waals surface area contributed by atoms with Gasteiger partial charge >= 0.3 is 0 Å². The van der Waals surface area contributed by atoms with E-state index in [1.54, 1.807) is 48.3 Å². The zero-order chi connectivity index (χ0) is 33.9. The smallest absolute Gasteiger partial charge is 0.293 e. The van der Waals surface area contributed by atoms with Gasteiger partial charge in [0, 0.05) is 31.4 Å². The van der Waals surface area contributed by atoms with Crippen LogP contribution in [0.25, 0.3) is 0 Å². The van der Waals surface area contributed by atoms with Gasteiger partial charge in [-0.15, -0.1) is 0 Å². The third-order valence-corrected chi connectivity index (χ3v) is 9.26. The molecule has 0 aliphatic carbocycles. The molecule has 3 atom stereocenters. The summed E-state index contributed by atoms with van der Waals surface area (Å²) in [5.74, 6) is -0.297. The van der Waals surface area contributed by atoms with Gasteiger partial charge in [-0.25, -0.2) is 8.42 Å². The number of ketones is 1. The van der Waals surface area contributed by atoms with Gasteiger partial charge in [0.05, 0.1) is 30.7 Å². The molecule has 1 amide bonds. The van der Waals surface area contributed by atoms with Gasteiger partial charge in [0.2, 0.25) is 10.0 Å². The molecule has 0 saturated carbocycles. The van der Waals surface area contributed by atoms with Crippen molar-refractivity contribution in [2.45, 2.75) is 50.3 Å². The molecule has 0 spiro atoms. The first-order chi connectivity index (χ1) is 21.8. The summed E-state index contributed by atoms with van der Waals surface area (Å²) in [5, 5.41) is 14.4. The van der Waals surface area contributed by atoms with E-state index in [4.69, 9.17) is 9.47 Å². The van der Waals surface area contributed by atoms with Crippen molar-refractivity contribution in [3.63, 3.8) is 0 Å². The lowest BCUT2D eigenvalue weighted by atomic mass is 10.0. The third kappa shape index (κ3) is 10.1. The minimum atomic E-state index is -4.02. The van der Waals surface area contributed by atoms with Crippen molar-refractivity contribution < 1.29 is 37.4 Å². The zero-order valence-corrected chi connectivity index (χ0v) is 27.6. The minimum absolute atomic E-state index is 0.0243. The van der Waals surface area contributed by atoms with Crippen molar-refractivity contribution in [1.82, 2.24) is 9.62 Å². The molecule has 0 fully saturated rings. The summed E-state index contributed by atoms with van der Waals surface area (Å²) in [6.07, 6.45) is -2.40. The van der Waals surface area contributed by atoms with Crippen LogP contribution in [0.2, 0.25) is 0 Å². The van der Waals surface area contributed by atoms with Crippen LogP contribution in [0.1, 0.15) is 36.7 Å². The molecule has 0 aromatic heterocycles. The van der Waals surface area contributed by atoms with Gasteiger partial charge in [-0.3, -0.25) is 14.4 Å². The number of rotatable bonds is 18. The molecule has 0 aliphatic heterocycles. The number of benzene rings is 3. The number of nitrogens with zero attached hydrogens (tertiary/aromatic N) is 2. The molecule has 248 valence electrons. The molecule has 0 bridgehead atoms. The lowest BCUT2D eigenvalue weighted by Crippen LogP contribution is -2.54. The molecule has 3 aromatic carbocycles. The van der Waals surface area contributed by atoms with E-state index in [0.717, 1.165) is 5.56 Å². The van der Waals surface area contributed by atoms with Crippen LogP contribution in [-0.2, 0) is 30.8 Å². The first kappa shape index (κ1) is 36.2. The summed E-state index contributed by atoms with van der Waals surface area (Å²) < 4.78 is 39.0. The Balaban J connectivity index is 1.86. The van der Waals surface area contributed by atoms with E-state index in [0.29, 0.717) is 17.0 Å². The average Bonchev–Trinajstić information content (AvgIpc) is 3.04. The summed E-state index contributed by atoms with van der Waals surface area (Å²) in [7, 11) is -0.827. The number of anilines is 1. The molecule has 12 heteroatoms. The molecule has 46 heavy (non-hydrogen) atoms. The van der Waals surface area contributed by atoms with Gasteiger partial charge < -0.3 is 24.8 Å². The fourth-order valence-electron chi connectivity index (χ4n) is 4.90. The molecule has 0 aliphatic rings. The molecule has 0 heterocycles. The van der Waals surface area contributed by atoms with Gasteiger partial charge in [0.25, 0.3) is 12.4 Å². The normalized spacial score (nSPS) is 13.5. The van der Waals surface area contributed by atoms with E-state index < -0.39 is 34.2 Å². The Morgan fingerprint density at radius 1 is 0.935 bits per heavy atom. The van der Waals surface area contributed by atoms with E-state index >= 15 is 0 Å². The van der Waals surface area contributed by atoms with E-state index in [2.05, 4.69) is 5.32 Å². The molecular formula is C34H43N3O8S.